The predicted octanol–water partition coefficient (Wildman–Crippen LogP) is 2.07. The lowest BCUT2D eigenvalue weighted by atomic mass is 10.2. The first-order valence-corrected chi connectivity index (χ1v) is 7.85. The minimum atomic E-state index is -0.353. The normalized spacial score (nSPS) is 11.1. The van der Waals surface area contributed by atoms with Gasteiger partial charge in [0.15, 0.2) is 0 Å². The van der Waals surface area contributed by atoms with E-state index >= 15 is 0 Å². The number of carbonyl (C=O) groups is 1. The Morgan fingerprint density at radius 3 is 2.92 bits per heavy atom. The van der Waals surface area contributed by atoms with Crippen molar-refractivity contribution in [1.29, 1.82) is 0 Å². The number of carbonyl (C=O) groups excluding carboxylic acids is 1. The zero-order valence-electron chi connectivity index (χ0n) is 13.5. The molecule has 2 heterocycles. The van der Waals surface area contributed by atoms with Crippen LogP contribution in [-0.2, 0) is 11.2 Å². The van der Waals surface area contributed by atoms with Gasteiger partial charge < -0.3 is 20.1 Å². The Hall–Kier alpha value is -3.19. The Morgan fingerprint density at radius 1 is 1.28 bits per heavy atom. The van der Waals surface area contributed by atoms with E-state index in [1.165, 1.54) is 24.0 Å². The van der Waals surface area contributed by atoms with Crippen LogP contribution in [0.2, 0.25) is 0 Å². The van der Waals surface area contributed by atoms with Crippen LogP contribution in [0.15, 0.2) is 55.0 Å². The van der Waals surface area contributed by atoms with Crippen molar-refractivity contribution in [2.24, 2.45) is 0 Å². The minimum Gasteiger partial charge on any atom is -0.477 e. The van der Waals surface area contributed by atoms with Crippen molar-refractivity contribution in [1.82, 2.24) is 15.0 Å². The maximum absolute atomic E-state index is 11.8. The molecule has 0 fully saturated rings. The summed E-state index contributed by atoms with van der Waals surface area (Å²) in [5, 5.41) is 12.1. The highest BCUT2D eigenvalue weighted by atomic mass is 16.5. The Balaban J connectivity index is 1.75. The highest BCUT2D eigenvalue weighted by Crippen LogP contribution is 2.29. The summed E-state index contributed by atoms with van der Waals surface area (Å²) >= 11 is 0. The molecule has 0 spiro atoms. The largest absolute Gasteiger partial charge is 0.477 e. The molecular formula is C18H18N4O3. The van der Waals surface area contributed by atoms with Crippen LogP contribution in [0.4, 0.5) is 5.69 Å². The molecule has 3 N–H and O–H groups in total. The molecular weight excluding hydrogens is 320 g/mol. The molecule has 2 aromatic heterocycles. The highest BCUT2D eigenvalue weighted by Gasteiger charge is 2.13. The highest BCUT2D eigenvalue weighted by molar-refractivity contribution is 6.06. The molecule has 0 bridgehead atoms. The lowest BCUT2D eigenvalue weighted by Crippen LogP contribution is -2.08. The van der Waals surface area contributed by atoms with Gasteiger partial charge in [-0.3, -0.25) is 4.79 Å². The van der Waals surface area contributed by atoms with E-state index in [-0.39, 0.29) is 12.5 Å². The first kappa shape index (κ1) is 16.7. The standard InChI is InChI=1S/C18H18N4O3/c23-9-4-7-15(24)22-14-11-19-17-16(14)18(21-12-20-17)25-10-8-13-5-2-1-3-6-13/h1-7,11-12,23H,8-10H2,(H,22,24)(H,19,20,21)/b7-4+. The number of benzene rings is 1. The number of hydrogen-bond acceptors (Lipinski definition) is 5. The van der Waals surface area contributed by atoms with Crippen molar-refractivity contribution < 1.29 is 14.6 Å². The molecule has 0 radical (unpaired) electrons. The van der Waals surface area contributed by atoms with Gasteiger partial charge in [-0.2, -0.15) is 0 Å². The summed E-state index contributed by atoms with van der Waals surface area (Å²) in [5.74, 6) is 0.0534. The number of amides is 1. The number of nitrogens with one attached hydrogen (secondary N) is 2. The summed E-state index contributed by atoms with van der Waals surface area (Å²) in [5.41, 5.74) is 2.27. The third-order valence-electron chi connectivity index (χ3n) is 3.54. The topological polar surface area (TPSA) is 100 Å². The van der Waals surface area contributed by atoms with Gasteiger partial charge in [-0.25, -0.2) is 9.97 Å². The fourth-order valence-corrected chi connectivity index (χ4v) is 2.39. The molecule has 0 aliphatic rings. The van der Waals surface area contributed by atoms with E-state index in [0.717, 1.165) is 6.42 Å². The van der Waals surface area contributed by atoms with Gasteiger partial charge in [-0.1, -0.05) is 36.4 Å². The fraction of sp³-hybridized carbons (Fsp3) is 0.167. The Morgan fingerprint density at radius 2 is 2.12 bits per heavy atom. The summed E-state index contributed by atoms with van der Waals surface area (Å²) in [6.45, 7) is 0.261. The number of aromatic amines is 1. The lowest BCUT2D eigenvalue weighted by molar-refractivity contribution is -0.111. The SMILES string of the molecule is O=C(/C=C/CO)Nc1c[nH]c2ncnc(OCCc3ccccc3)c12. The van der Waals surface area contributed by atoms with Crippen LogP contribution >= 0.6 is 0 Å². The van der Waals surface area contributed by atoms with Crippen LogP contribution in [0.25, 0.3) is 11.0 Å². The van der Waals surface area contributed by atoms with Gasteiger partial charge in [0.25, 0.3) is 0 Å². The van der Waals surface area contributed by atoms with Crippen molar-refractivity contribution in [3.8, 4) is 5.88 Å². The Kier molecular flexibility index (Phi) is 5.38. The van der Waals surface area contributed by atoms with Gasteiger partial charge in [0, 0.05) is 18.7 Å². The summed E-state index contributed by atoms with van der Waals surface area (Å²) in [7, 11) is 0. The van der Waals surface area contributed by atoms with Gasteiger partial charge in [0.2, 0.25) is 11.8 Å². The number of rotatable bonds is 7. The molecule has 7 heteroatoms. The number of fused-ring (bicyclic) bond motifs is 1. The molecule has 0 saturated carbocycles. The monoisotopic (exact) mass is 338 g/mol. The summed E-state index contributed by atoms with van der Waals surface area (Å²) in [4.78, 5) is 23.1. The Labute approximate surface area is 144 Å². The van der Waals surface area contributed by atoms with Gasteiger partial charge in [-0.05, 0) is 5.56 Å². The molecule has 0 atom stereocenters. The number of hydrogen-bond donors (Lipinski definition) is 3. The molecule has 0 aliphatic heterocycles. The zero-order valence-corrected chi connectivity index (χ0v) is 13.5. The van der Waals surface area contributed by atoms with E-state index in [9.17, 15) is 4.79 Å². The number of aromatic nitrogens is 3. The van der Waals surface area contributed by atoms with Crippen molar-refractivity contribution in [2.45, 2.75) is 6.42 Å². The van der Waals surface area contributed by atoms with Gasteiger partial charge in [-0.15, -0.1) is 0 Å². The van der Waals surface area contributed by atoms with E-state index in [0.29, 0.717) is 29.2 Å². The predicted molar refractivity (Wildman–Crippen MR) is 94.4 cm³/mol. The van der Waals surface area contributed by atoms with Crippen LogP contribution < -0.4 is 10.1 Å². The first-order chi connectivity index (χ1) is 12.3. The van der Waals surface area contributed by atoms with E-state index in [1.54, 1.807) is 6.20 Å². The van der Waals surface area contributed by atoms with E-state index < -0.39 is 0 Å². The second-order valence-electron chi connectivity index (χ2n) is 5.26. The second kappa shape index (κ2) is 8.07. The van der Waals surface area contributed by atoms with Crippen molar-refractivity contribution in [3.63, 3.8) is 0 Å². The number of anilines is 1. The molecule has 3 aromatic rings. The molecule has 1 aromatic carbocycles. The smallest absolute Gasteiger partial charge is 0.248 e. The van der Waals surface area contributed by atoms with Crippen LogP contribution in [0.3, 0.4) is 0 Å². The number of aliphatic hydroxyl groups excluding tert-OH is 1. The zero-order chi connectivity index (χ0) is 17.5. The van der Waals surface area contributed by atoms with E-state index in [4.69, 9.17) is 9.84 Å². The third-order valence-corrected chi connectivity index (χ3v) is 3.54. The van der Waals surface area contributed by atoms with Gasteiger partial charge in [0.05, 0.1) is 18.9 Å². The van der Waals surface area contributed by atoms with Crippen LogP contribution in [0.1, 0.15) is 5.56 Å². The molecule has 3 rings (SSSR count). The average Bonchev–Trinajstić information content (AvgIpc) is 3.05. The summed E-state index contributed by atoms with van der Waals surface area (Å²) in [6.07, 6.45) is 6.41. The number of ether oxygens (including phenoxy) is 1. The van der Waals surface area contributed by atoms with Crippen LogP contribution in [0, 0.1) is 0 Å². The molecule has 25 heavy (non-hydrogen) atoms. The molecule has 7 nitrogen and oxygen atoms in total. The lowest BCUT2D eigenvalue weighted by Gasteiger charge is -2.08. The van der Waals surface area contributed by atoms with Crippen molar-refractivity contribution >= 4 is 22.6 Å². The summed E-state index contributed by atoms with van der Waals surface area (Å²) in [6, 6.07) is 10.0. The molecule has 0 saturated heterocycles. The minimum absolute atomic E-state index is 0.196. The van der Waals surface area contributed by atoms with Crippen LogP contribution in [0.5, 0.6) is 5.88 Å². The maximum Gasteiger partial charge on any atom is 0.248 e. The maximum atomic E-state index is 11.8. The molecule has 128 valence electrons. The van der Waals surface area contributed by atoms with E-state index in [1.807, 2.05) is 30.3 Å². The van der Waals surface area contributed by atoms with Crippen molar-refractivity contribution in [2.75, 3.05) is 18.5 Å². The number of nitrogens with zero attached hydrogens (tertiary/aromatic N) is 2. The van der Waals surface area contributed by atoms with E-state index in [2.05, 4.69) is 20.3 Å². The molecule has 0 unspecified atom stereocenters. The molecule has 0 aliphatic carbocycles. The third kappa shape index (κ3) is 4.21. The van der Waals surface area contributed by atoms with Crippen molar-refractivity contribution in [3.05, 3.63) is 60.6 Å². The quantitative estimate of drug-likeness (QED) is 0.573. The van der Waals surface area contributed by atoms with Gasteiger partial charge >= 0.3 is 0 Å². The number of aliphatic hydroxyl groups is 1. The second-order valence-corrected chi connectivity index (χ2v) is 5.26. The average molecular weight is 338 g/mol. The van der Waals surface area contributed by atoms with Crippen LogP contribution in [-0.4, -0.2) is 39.2 Å². The molecule has 1 amide bonds. The summed E-state index contributed by atoms with van der Waals surface area (Å²) < 4.78 is 5.80. The number of H-pyrrole nitrogens is 1. The first-order valence-electron chi connectivity index (χ1n) is 7.85. The van der Waals surface area contributed by atoms with Gasteiger partial charge in [0.1, 0.15) is 17.4 Å². The Bertz CT molecular complexity index is 874. The fourth-order valence-electron chi connectivity index (χ4n) is 2.39.